The first-order valence-electron chi connectivity index (χ1n) is 21.3. The van der Waals surface area contributed by atoms with Crippen LogP contribution in [-0.4, -0.2) is 82.2 Å². The van der Waals surface area contributed by atoms with Gasteiger partial charge in [-0.3, -0.25) is 9.69 Å². The van der Waals surface area contributed by atoms with Crippen LogP contribution < -0.4 is 24.5 Å². The number of methoxy groups -OCH3 is 2. The first-order valence-corrected chi connectivity index (χ1v) is 23.5. The molecule has 4 aromatic carbocycles. The Morgan fingerprint density at radius 2 is 1.55 bits per heavy atom. The molecule has 0 spiro atoms. The normalized spacial score (nSPS) is 20.5. The van der Waals surface area contributed by atoms with Gasteiger partial charge in [-0.2, -0.15) is 4.31 Å². The summed E-state index contributed by atoms with van der Waals surface area (Å²) in [5, 5.41) is 3.80. The SMILES string of the molecule is COc1ccc([C@H](Cc2c(Cl)c[nH+]cc2Cl)OC(=O)[C@@H]2CCCN2S(=O)(=O)c2cccc(COc3cccc([C@@H](NC(=O)O[C@H]4CN5CCC4CC5)c4ccccc4)c3)c2)cc1OC. The Balaban J connectivity index is 0.961. The molecule has 1 aromatic heterocycles. The Labute approximate surface area is 383 Å². The van der Waals surface area contributed by atoms with Crippen molar-refractivity contribution in [3.05, 3.63) is 147 Å². The number of amides is 1. The van der Waals surface area contributed by atoms with Gasteiger partial charge >= 0.3 is 12.1 Å². The highest BCUT2D eigenvalue weighted by Gasteiger charge is 2.42. The van der Waals surface area contributed by atoms with Gasteiger partial charge in [0.15, 0.2) is 23.9 Å². The molecule has 4 saturated heterocycles. The van der Waals surface area contributed by atoms with Crippen molar-refractivity contribution in [2.24, 2.45) is 5.92 Å². The van der Waals surface area contributed by atoms with Crippen LogP contribution in [0.2, 0.25) is 10.0 Å². The van der Waals surface area contributed by atoms with Crippen molar-refractivity contribution in [3.8, 4) is 17.2 Å². The summed E-state index contributed by atoms with van der Waals surface area (Å²) in [5.41, 5.74) is 3.40. The summed E-state index contributed by atoms with van der Waals surface area (Å²) in [6.07, 6.45) is 4.56. The second-order valence-electron chi connectivity index (χ2n) is 16.2. The molecule has 0 aliphatic carbocycles. The number of hydrogen-bond donors (Lipinski definition) is 1. The van der Waals surface area contributed by atoms with Gasteiger partial charge in [-0.05, 0) is 103 Å². The number of ether oxygens (including phenoxy) is 5. The predicted octanol–water partition coefficient (Wildman–Crippen LogP) is 7.99. The fourth-order valence-corrected chi connectivity index (χ4v) is 11.1. The summed E-state index contributed by atoms with van der Waals surface area (Å²) in [5.74, 6) is 1.11. The van der Waals surface area contributed by atoms with Crippen LogP contribution in [0.4, 0.5) is 4.79 Å². The van der Waals surface area contributed by atoms with Gasteiger partial charge in [0.05, 0.1) is 25.2 Å². The highest BCUT2D eigenvalue weighted by Crippen LogP contribution is 2.37. The lowest BCUT2D eigenvalue weighted by Crippen LogP contribution is -2.52. The van der Waals surface area contributed by atoms with Gasteiger partial charge in [-0.25, -0.2) is 18.2 Å². The van der Waals surface area contributed by atoms with Crippen LogP contribution in [0.1, 0.15) is 65.6 Å². The maximum atomic E-state index is 14.3. The van der Waals surface area contributed by atoms with Gasteiger partial charge < -0.3 is 29.0 Å². The minimum absolute atomic E-state index is 0.0208. The summed E-state index contributed by atoms with van der Waals surface area (Å²) in [4.78, 5) is 32.7. The number of hydrogen-bond acceptors (Lipinski definition) is 10. The number of halogens is 2. The Morgan fingerprint density at radius 3 is 2.27 bits per heavy atom. The predicted molar refractivity (Wildman–Crippen MR) is 240 cm³/mol. The molecule has 9 rings (SSSR count). The van der Waals surface area contributed by atoms with Gasteiger partial charge in [-0.1, -0.05) is 83.9 Å². The molecular weight excluding hydrogens is 880 g/mol. The number of sulfonamides is 1. The topological polar surface area (TPSA) is 147 Å². The van der Waals surface area contributed by atoms with E-state index in [4.69, 9.17) is 46.9 Å². The monoisotopic (exact) mass is 929 g/mol. The zero-order valence-electron chi connectivity index (χ0n) is 35.6. The summed E-state index contributed by atoms with van der Waals surface area (Å²) < 4.78 is 59.2. The number of nitrogens with one attached hydrogen (secondary N) is 2. The van der Waals surface area contributed by atoms with Crippen molar-refractivity contribution in [1.29, 1.82) is 0 Å². The molecule has 0 radical (unpaired) electrons. The minimum atomic E-state index is -4.17. The Kier molecular flexibility index (Phi) is 14.3. The van der Waals surface area contributed by atoms with E-state index in [1.165, 1.54) is 24.6 Å². The molecule has 4 fully saturated rings. The molecule has 4 aliphatic rings. The second-order valence-corrected chi connectivity index (χ2v) is 18.9. The van der Waals surface area contributed by atoms with Crippen molar-refractivity contribution in [2.45, 2.75) is 67.9 Å². The fraction of sp³-hybridized carbons (Fsp3) is 0.354. The number of benzene rings is 4. The number of alkyl carbamates (subject to hydrolysis) is 1. The Bertz CT molecular complexity index is 2540. The zero-order valence-corrected chi connectivity index (χ0v) is 37.9. The molecule has 16 heteroatoms. The Hall–Kier alpha value is -5.38. The maximum absolute atomic E-state index is 14.3. The zero-order chi connectivity index (χ0) is 44.8. The van der Waals surface area contributed by atoms with Crippen molar-refractivity contribution >= 4 is 45.3 Å². The average Bonchev–Trinajstić information content (AvgIpc) is 3.83. The second kappa shape index (κ2) is 20.2. The quantitative estimate of drug-likeness (QED) is 0.0967. The number of pyridine rings is 1. The van der Waals surface area contributed by atoms with E-state index in [1.54, 1.807) is 48.8 Å². The number of aromatic nitrogens is 1. The molecular formula is C48H51Cl2N4O9S+. The van der Waals surface area contributed by atoms with Crippen molar-refractivity contribution in [2.75, 3.05) is 40.4 Å². The third kappa shape index (κ3) is 10.3. The van der Waals surface area contributed by atoms with Crippen LogP contribution in [0.15, 0.2) is 114 Å². The van der Waals surface area contributed by atoms with Crippen LogP contribution in [0.3, 0.4) is 0 Å². The van der Waals surface area contributed by atoms with Gasteiger partial charge in [0.2, 0.25) is 10.0 Å². The van der Waals surface area contributed by atoms with Crippen LogP contribution >= 0.6 is 23.2 Å². The lowest BCUT2D eigenvalue weighted by molar-refractivity contribution is -0.377. The van der Waals surface area contributed by atoms with E-state index >= 15 is 0 Å². The number of carbonyl (C=O) groups excluding carboxylic acids is 2. The molecule has 2 bridgehead atoms. The van der Waals surface area contributed by atoms with E-state index in [9.17, 15) is 18.0 Å². The van der Waals surface area contributed by atoms with E-state index in [-0.39, 0.29) is 37.0 Å². The molecule has 336 valence electrons. The lowest BCUT2D eigenvalue weighted by atomic mass is 9.86. The van der Waals surface area contributed by atoms with Crippen LogP contribution in [-0.2, 0) is 37.3 Å². The van der Waals surface area contributed by atoms with Gasteiger partial charge in [-0.15, -0.1) is 0 Å². The molecule has 4 atom stereocenters. The lowest BCUT2D eigenvalue weighted by Gasteiger charge is -2.43. The van der Waals surface area contributed by atoms with Crippen LogP contribution in [0, 0.1) is 5.92 Å². The van der Waals surface area contributed by atoms with Gasteiger partial charge in [0.25, 0.3) is 0 Å². The van der Waals surface area contributed by atoms with Crippen molar-refractivity contribution in [3.63, 3.8) is 0 Å². The summed E-state index contributed by atoms with van der Waals surface area (Å²) in [7, 11) is -1.14. The van der Waals surface area contributed by atoms with Gasteiger partial charge in [0, 0.05) is 25.1 Å². The minimum Gasteiger partial charge on any atom is -0.493 e. The number of nitrogens with zero attached hydrogens (tertiary/aromatic N) is 2. The molecule has 0 saturated carbocycles. The van der Waals surface area contributed by atoms with E-state index in [1.807, 2.05) is 54.6 Å². The molecule has 64 heavy (non-hydrogen) atoms. The third-order valence-electron chi connectivity index (χ3n) is 12.3. The number of fused-ring (bicyclic) bond motifs is 3. The summed E-state index contributed by atoms with van der Waals surface area (Å²) in [6.45, 7) is 3.04. The number of piperidine rings is 3. The average molecular weight is 931 g/mol. The molecule has 2 N–H and O–H groups in total. The van der Waals surface area contributed by atoms with Crippen LogP contribution in [0.5, 0.6) is 17.2 Å². The number of rotatable bonds is 16. The summed E-state index contributed by atoms with van der Waals surface area (Å²) in [6, 6.07) is 27.2. The van der Waals surface area contributed by atoms with Crippen LogP contribution in [0.25, 0.3) is 0 Å². The van der Waals surface area contributed by atoms with E-state index in [0.29, 0.717) is 56.3 Å². The highest BCUT2D eigenvalue weighted by molar-refractivity contribution is 7.89. The smallest absolute Gasteiger partial charge is 0.408 e. The number of esters is 1. The number of H-pyrrole nitrogens is 1. The fourth-order valence-electron chi connectivity index (χ4n) is 8.84. The maximum Gasteiger partial charge on any atom is 0.408 e. The standard InChI is InChI=1S/C48H50Cl2N4O9S/c1-59-42-17-16-34(25-44(42)60-2)43(26-38-39(49)27-51-28-40(38)50)62-47(55)41-15-8-20-54(41)64(57,58)37-14-6-9-31(23-37)30-61-36-13-7-12-35(24-36)46(33-10-4-3-5-11-33)52-48(56)63-45-29-53-21-18-32(45)19-22-53/h3-7,9-14,16-17,23-25,27-28,32,41,43,45-46H,8,15,18-22,26,29-30H2,1-2H3,(H,52,56)/p+1/t41-,43-,45-,46-/m0/s1. The Morgan fingerprint density at radius 1 is 0.812 bits per heavy atom. The van der Waals surface area contributed by atoms with E-state index in [0.717, 1.165) is 43.6 Å². The first-order chi connectivity index (χ1) is 31.0. The molecule has 5 aromatic rings. The summed E-state index contributed by atoms with van der Waals surface area (Å²) >= 11 is 13.1. The first kappa shape index (κ1) is 45.2. The van der Waals surface area contributed by atoms with Gasteiger partial charge in [0.1, 0.15) is 40.7 Å². The largest absolute Gasteiger partial charge is 0.493 e. The number of aromatic amines is 1. The number of carbonyl (C=O) groups is 2. The van der Waals surface area contributed by atoms with Crippen molar-refractivity contribution < 1.29 is 46.7 Å². The molecule has 0 unspecified atom stereocenters. The van der Waals surface area contributed by atoms with Crippen molar-refractivity contribution in [1.82, 2.24) is 14.5 Å². The van der Waals surface area contributed by atoms with E-state index in [2.05, 4.69) is 15.2 Å². The molecule has 5 heterocycles. The highest BCUT2D eigenvalue weighted by atomic mass is 35.5. The molecule has 4 aliphatic heterocycles. The molecule has 13 nitrogen and oxygen atoms in total. The molecule has 1 amide bonds. The third-order valence-corrected chi connectivity index (χ3v) is 14.8. The van der Waals surface area contributed by atoms with E-state index < -0.39 is 40.3 Å².